The molecule has 127 heavy (non-hydrogen) atoms. The quantitative estimate of drug-likeness (QED) is 0.0550. The van der Waals surface area contributed by atoms with E-state index in [1.807, 2.05) is 124 Å². The maximum Gasteiger partial charge on any atom is 0.216 e. The Morgan fingerprint density at radius 2 is 0.693 bits per heavy atom. The molecule has 21 heteroatoms. The van der Waals surface area contributed by atoms with Gasteiger partial charge in [0, 0.05) is 163 Å². The molecular weight excluding hydrogens is 2130 g/mol. The van der Waals surface area contributed by atoms with Gasteiger partial charge in [0.05, 0.1) is 34.0 Å². The number of aliphatic hydroxyl groups excluding tert-OH is 3. The molecule has 6 aromatic carbocycles. The van der Waals surface area contributed by atoms with Gasteiger partial charge in [-0.1, -0.05) is 158 Å². The summed E-state index contributed by atoms with van der Waals surface area (Å²) >= 11 is 0. The minimum Gasteiger partial charge on any atom is -0.512 e. The van der Waals surface area contributed by atoms with Crippen LogP contribution in [-0.4, -0.2) is 62.6 Å². The number of benzene rings is 6. The number of aliphatic hydroxyl groups is 3. The average Bonchev–Trinajstić information content (AvgIpc) is 1.61. The summed E-state index contributed by atoms with van der Waals surface area (Å²) in [6.07, 6.45) is 9.09. The van der Waals surface area contributed by atoms with Crippen molar-refractivity contribution in [1.82, 2.24) is 29.9 Å². The zero-order chi connectivity index (χ0) is 88.9. The van der Waals surface area contributed by atoms with E-state index in [1.165, 1.54) is 93.2 Å². The van der Waals surface area contributed by atoms with E-state index in [4.69, 9.17) is 56.8 Å². The van der Waals surface area contributed by atoms with E-state index in [9.17, 15) is 14.4 Å². The fourth-order valence-corrected chi connectivity index (χ4v) is 14.7. The predicted molar refractivity (Wildman–Crippen MR) is 497 cm³/mol. The topological polar surface area (TPSA) is 268 Å². The Hall–Kier alpha value is -12.2. The second kappa shape index (κ2) is 41.5. The van der Waals surface area contributed by atoms with E-state index >= 15 is 0 Å². The summed E-state index contributed by atoms with van der Waals surface area (Å²) in [4.78, 5) is 57.9. The molecule has 3 N–H and O–H groups in total. The molecule has 0 amide bonds. The summed E-state index contributed by atoms with van der Waals surface area (Å²) in [6.45, 7) is 38.9. The van der Waals surface area contributed by atoms with Crippen LogP contribution >= 0.6 is 0 Å². The Morgan fingerprint density at radius 3 is 0.992 bits per heavy atom. The monoisotopic (exact) mass is 2230 g/mol. The molecule has 0 spiro atoms. The molecular formula is C106H101Ir3N6O12-3. The van der Waals surface area contributed by atoms with Crippen LogP contribution in [-0.2, 0) is 80.1 Å². The number of aryl methyl sites for hydroxylation is 3. The fraction of sp³-hybridized carbons (Fsp3) is 0.236. The maximum atomic E-state index is 10.0. The van der Waals surface area contributed by atoms with Crippen molar-refractivity contribution in [3.8, 4) is 67.7 Å². The molecule has 0 aliphatic carbocycles. The number of pyridine rings is 6. The van der Waals surface area contributed by atoms with Crippen LogP contribution in [0.25, 0.3) is 167 Å². The van der Waals surface area contributed by atoms with Crippen LogP contribution < -0.4 is 0 Å². The van der Waals surface area contributed by atoms with Gasteiger partial charge in [-0.15, -0.1) is 54.6 Å². The van der Waals surface area contributed by atoms with Crippen LogP contribution in [0.4, 0.5) is 0 Å². The summed E-state index contributed by atoms with van der Waals surface area (Å²) < 4.78 is 37.6. The normalized spacial score (nSPS) is 11.7. The predicted octanol–water partition coefficient (Wildman–Crippen LogP) is 28.6. The van der Waals surface area contributed by atoms with E-state index in [0.29, 0.717) is 40.8 Å². The van der Waals surface area contributed by atoms with Gasteiger partial charge >= 0.3 is 0 Å². The largest absolute Gasteiger partial charge is 0.512 e. The third-order valence-corrected chi connectivity index (χ3v) is 20.8. The summed E-state index contributed by atoms with van der Waals surface area (Å²) in [6, 6.07) is 67.9. The first-order valence-corrected chi connectivity index (χ1v) is 41.4. The number of furan rings is 6. The van der Waals surface area contributed by atoms with E-state index in [0.717, 1.165) is 161 Å². The first-order valence-electron chi connectivity index (χ1n) is 41.4. The van der Waals surface area contributed by atoms with Crippen molar-refractivity contribution in [3.05, 3.63) is 287 Å². The molecule has 0 aliphatic rings. The second-order valence-electron chi connectivity index (χ2n) is 33.5. The van der Waals surface area contributed by atoms with Crippen molar-refractivity contribution < 1.29 is 117 Å². The Kier molecular flexibility index (Phi) is 31.7. The van der Waals surface area contributed by atoms with Gasteiger partial charge in [-0.2, -0.15) is 0 Å². The van der Waals surface area contributed by atoms with Crippen LogP contribution in [0.15, 0.2) is 250 Å². The van der Waals surface area contributed by atoms with Gasteiger partial charge < -0.3 is 56.8 Å². The number of allylic oxidation sites excluding steroid dienone is 6. The molecule has 3 radical (unpaired) electrons. The third kappa shape index (κ3) is 22.8. The first-order chi connectivity index (χ1) is 59.0. The van der Waals surface area contributed by atoms with Crippen molar-refractivity contribution in [3.63, 3.8) is 0 Å². The zero-order valence-corrected chi connectivity index (χ0v) is 81.8. The van der Waals surface area contributed by atoms with Gasteiger partial charge in [-0.25, -0.2) is 15.0 Å². The Labute approximate surface area is 779 Å². The average molecular weight is 2230 g/mol. The number of ketones is 3. The summed E-state index contributed by atoms with van der Waals surface area (Å²) in [5.41, 5.74) is 24.0. The Bertz CT molecular complexity index is 7030. The molecule has 12 aromatic heterocycles. The SMILES string of the molecule is CC(=O)C=C(C)O.CC(=O)C=C(C)O.CC(=O)C=C(C)O.Cc1ccc2c(n1)oc1c(-c3cc4oc(-c5c(C(C)C)cccc5C(C)C)cc4cn3)[c-]ccc12.Cc1ccc2c(n1)oc1c(-c3cc4oc(-c5cc(C(C)C)cc(C(C)C)c5)cc4cn3)[c-]ccc12.Cc1ccc2c(n1)oc1c(-c3cc4oc(-c5ccc(C(C)(C)C)cc5)cc4cn3)[c-]ccc12.[Ir].[Ir].[Ir]. The van der Waals surface area contributed by atoms with Crippen molar-refractivity contribution in [2.45, 2.75) is 168 Å². The number of aromatic nitrogens is 6. The maximum absolute atomic E-state index is 10.0. The second-order valence-corrected chi connectivity index (χ2v) is 33.5. The van der Waals surface area contributed by atoms with E-state index in [-0.39, 0.29) is 100 Å². The molecule has 18 aromatic rings. The van der Waals surface area contributed by atoms with E-state index in [1.54, 1.807) is 0 Å². The molecule has 657 valence electrons. The first kappa shape index (κ1) is 97.0. The van der Waals surface area contributed by atoms with Crippen molar-refractivity contribution >= 4 is 116 Å². The number of carbonyl (C=O) groups is 3. The Balaban J connectivity index is 0.000000176. The molecule has 0 bridgehead atoms. The van der Waals surface area contributed by atoms with Crippen LogP contribution in [0.1, 0.15) is 186 Å². The van der Waals surface area contributed by atoms with Crippen LogP contribution in [0, 0.1) is 39.0 Å². The molecule has 0 saturated carbocycles. The van der Waals surface area contributed by atoms with Crippen LogP contribution in [0.2, 0.25) is 0 Å². The number of hydrogen-bond acceptors (Lipinski definition) is 18. The van der Waals surface area contributed by atoms with Gasteiger partial charge in [0.15, 0.2) is 17.3 Å². The van der Waals surface area contributed by atoms with Crippen molar-refractivity contribution in [1.29, 1.82) is 0 Å². The summed E-state index contributed by atoms with van der Waals surface area (Å²) in [5, 5.41) is 34.0. The number of fused-ring (bicyclic) bond motifs is 12. The number of rotatable bonds is 13. The molecule has 0 unspecified atom stereocenters. The van der Waals surface area contributed by atoms with Crippen molar-refractivity contribution in [2.24, 2.45) is 0 Å². The molecule has 0 aliphatic heterocycles. The minimum atomic E-state index is -0.125. The van der Waals surface area contributed by atoms with Gasteiger partial charge in [-0.3, -0.25) is 14.4 Å². The molecule has 0 saturated heterocycles. The van der Waals surface area contributed by atoms with Crippen LogP contribution in [0.3, 0.4) is 0 Å². The Morgan fingerprint density at radius 1 is 0.370 bits per heavy atom. The van der Waals surface area contributed by atoms with Crippen LogP contribution in [0.5, 0.6) is 0 Å². The van der Waals surface area contributed by atoms with Crippen molar-refractivity contribution in [2.75, 3.05) is 0 Å². The van der Waals surface area contributed by atoms with E-state index < -0.39 is 0 Å². The van der Waals surface area contributed by atoms with Gasteiger partial charge in [0.2, 0.25) is 17.1 Å². The summed E-state index contributed by atoms with van der Waals surface area (Å²) in [5.74, 6) is 4.06. The number of hydrogen-bond donors (Lipinski definition) is 3. The third-order valence-electron chi connectivity index (χ3n) is 20.8. The van der Waals surface area contributed by atoms with Gasteiger partial charge in [0.1, 0.15) is 34.0 Å². The smallest absolute Gasteiger partial charge is 0.216 e. The molecule has 18 nitrogen and oxygen atoms in total. The van der Waals surface area contributed by atoms with E-state index in [2.05, 4.69) is 194 Å². The minimum absolute atomic E-state index is 0. The number of nitrogens with zero attached hydrogens (tertiary/aromatic N) is 6. The van der Waals surface area contributed by atoms with Gasteiger partial charge in [-0.05, 0) is 221 Å². The zero-order valence-electron chi connectivity index (χ0n) is 74.6. The number of carbonyl (C=O) groups excluding carboxylic acids is 3. The molecule has 18 rings (SSSR count). The summed E-state index contributed by atoms with van der Waals surface area (Å²) in [7, 11) is 0. The molecule has 0 fully saturated rings. The standard InChI is InChI=1S/2C31H27N2O2.C29H23N2O2.3C5H8O2.3Ir/c1-17(2)21-8-6-9-22(18(3)4)29(21)28-14-20-16-32-26(15-27(20)34-28)25-11-7-10-23-24-13-12-19(5)33-31(24)35-30(23)25;1-17(2)20-11-21(18(3)4)13-22(12-20)28-14-23-16-32-27(15-29(23)34-28)26-8-6-7-24-25-10-9-19(5)33-31(25)35-30(24)26;1-17-8-13-22-21-6-5-7-23(27(21)33-28(22)31-17)24-15-26-19(16-30-24)14-25(32-26)18-9-11-20(12-10-18)29(2,3)4;3*1-4(6)3-5(2)7;;;/h6-10,12-18H,1-5H3;6-7,9-18H,1-5H3;5-6,8-16H,1-4H3;3*3,6H,1-2H3;;;/q3*-1;;;;;;. The molecule has 0 atom stereocenters. The fourth-order valence-electron chi connectivity index (χ4n) is 14.7. The molecule has 12 heterocycles. The van der Waals surface area contributed by atoms with Gasteiger partial charge in [0.25, 0.3) is 0 Å².